The van der Waals surface area contributed by atoms with E-state index in [9.17, 15) is 4.79 Å². The van der Waals surface area contributed by atoms with E-state index in [-0.39, 0.29) is 5.41 Å². The lowest BCUT2D eigenvalue weighted by molar-refractivity contribution is -0.107. The van der Waals surface area contributed by atoms with Crippen LogP contribution >= 0.6 is 0 Å². The molecule has 0 saturated carbocycles. The Kier molecular flexibility index (Phi) is 3.60. The van der Waals surface area contributed by atoms with Crippen molar-refractivity contribution in [2.24, 2.45) is 5.41 Å². The van der Waals surface area contributed by atoms with Gasteiger partial charge in [-0.15, -0.1) is 0 Å². The topological polar surface area (TPSA) is 35.5 Å². The summed E-state index contributed by atoms with van der Waals surface area (Å²) >= 11 is 0. The minimum atomic E-state index is 0.0237. The summed E-state index contributed by atoms with van der Waals surface area (Å²) in [6.45, 7) is 7.60. The fourth-order valence-electron chi connectivity index (χ4n) is 2.00. The fourth-order valence-corrected chi connectivity index (χ4v) is 2.00. The highest BCUT2D eigenvalue weighted by Gasteiger charge is 2.25. The Morgan fingerprint density at radius 2 is 1.83 bits per heavy atom. The van der Waals surface area contributed by atoms with Crippen molar-refractivity contribution >= 4 is 6.29 Å². The van der Waals surface area contributed by atoms with Gasteiger partial charge in [-0.05, 0) is 36.6 Å². The van der Waals surface area contributed by atoms with Gasteiger partial charge in [0.2, 0.25) is 0 Å². The van der Waals surface area contributed by atoms with E-state index in [4.69, 9.17) is 9.47 Å². The lowest BCUT2D eigenvalue weighted by Gasteiger charge is -2.19. The Bertz CT molecular complexity index is 449. The van der Waals surface area contributed by atoms with E-state index >= 15 is 0 Å². The monoisotopic (exact) mass is 248 g/mol. The second-order valence-corrected chi connectivity index (χ2v) is 5.67. The molecule has 0 saturated heterocycles. The molecule has 1 aromatic carbocycles. The first-order valence-corrected chi connectivity index (χ1v) is 6.34. The van der Waals surface area contributed by atoms with Crippen LogP contribution in [0.1, 0.15) is 31.4 Å². The SMILES string of the molecule is Cc1cc2c(cc1CCC=O)OCC(C)(C)CO2. The highest BCUT2D eigenvalue weighted by Crippen LogP contribution is 2.36. The molecular weight excluding hydrogens is 228 g/mol. The summed E-state index contributed by atoms with van der Waals surface area (Å²) in [7, 11) is 0. The normalized spacial score (nSPS) is 17.1. The summed E-state index contributed by atoms with van der Waals surface area (Å²) < 4.78 is 11.6. The maximum absolute atomic E-state index is 10.5. The van der Waals surface area contributed by atoms with Crippen LogP contribution in [0.2, 0.25) is 0 Å². The smallest absolute Gasteiger partial charge is 0.161 e. The molecule has 0 aliphatic carbocycles. The number of benzene rings is 1. The molecule has 3 heteroatoms. The fraction of sp³-hybridized carbons (Fsp3) is 0.533. The number of aldehydes is 1. The number of aryl methyl sites for hydroxylation is 2. The van der Waals surface area contributed by atoms with Crippen molar-refractivity contribution in [3.05, 3.63) is 23.3 Å². The third-order valence-electron chi connectivity index (χ3n) is 3.17. The van der Waals surface area contributed by atoms with Crippen LogP contribution in [0.25, 0.3) is 0 Å². The van der Waals surface area contributed by atoms with Crippen molar-refractivity contribution in [3.8, 4) is 11.5 Å². The minimum Gasteiger partial charge on any atom is -0.489 e. The Labute approximate surface area is 108 Å². The lowest BCUT2D eigenvalue weighted by atomic mass is 9.97. The zero-order chi connectivity index (χ0) is 13.2. The minimum absolute atomic E-state index is 0.0237. The zero-order valence-electron chi connectivity index (χ0n) is 11.3. The molecule has 0 fully saturated rings. The van der Waals surface area contributed by atoms with Crippen LogP contribution in [0.5, 0.6) is 11.5 Å². The first kappa shape index (κ1) is 12.9. The van der Waals surface area contributed by atoms with Gasteiger partial charge in [-0.1, -0.05) is 13.8 Å². The Morgan fingerprint density at radius 3 is 2.44 bits per heavy atom. The number of hydrogen-bond donors (Lipinski definition) is 0. The molecule has 1 aliphatic rings. The Hall–Kier alpha value is -1.51. The molecule has 0 amide bonds. The van der Waals surface area contributed by atoms with Gasteiger partial charge in [0.1, 0.15) is 6.29 Å². The van der Waals surface area contributed by atoms with E-state index < -0.39 is 0 Å². The lowest BCUT2D eigenvalue weighted by Crippen LogP contribution is -2.26. The average molecular weight is 248 g/mol. The van der Waals surface area contributed by atoms with Gasteiger partial charge in [-0.2, -0.15) is 0 Å². The molecule has 1 aromatic rings. The van der Waals surface area contributed by atoms with E-state index in [0.29, 0.717) is 19.6 Å². The standard InChI is InChI=1S/C15H20O3/c1-11-7-13-14(8-12(11)5-4-6-16)18-10-15(2,3)9-17-13/h6-8H,4-5,9-10H2,1-3H3. The van der Waals surface area contributed by atoms with Gasteiger partial charge in [0.05, 0.1) is 13.2 Å². The molecule has 1 aliphatic heterocycles. The largest absolute Gasteiger partial charge is 0.489 e. The number of rotatable bonds is 3. The summed E-state index contributed by atoms with van der Waals surface area (Å²) in [5.74, 6) is 1.61. The Morgan fingerprint density at radius 1 is 1.22 bits per heavy atom. The second-order valence-electron chi connectivity index (χ2n) is 5.67. The second kappa shape index (κ2) is 5.01. The van der Waals surface area contributed by atoms with Crippen molar-refractivity contribution in [1.29, 1.82) is 0 Å². The maximum Gasteiger partial charge on any atom is 0.161 e. The molecule has 0 unspecified atom stereocenters. The van der Waals surface area contributed by atoms with E-state index in [2.05, 4.69) is 13.8 Å². The van der Waals surface area contributed by atoms with Gasteiger partial charge in [0.15, 0.2) is 11.5 Å². The van der Waals surface area contributed by atoms with Crippen LogP contribution in [-0.2, 0) is 11.2 Å². The van der Waals surface area contributed by atoms with E-state index in [1.807, 2.05) is 19.1 Å². The average Bonchev–Trinajstić information content (AvgIpc) is 2.46. The van der Waals surface area contributed by atoms with Crippen LogP contribution < -0.4 is 9.47 Å². The molecule has 0 spiro atoms. The quantitative estimate of drug-likeness (QED) is 0.771. The van der Waals surface area contributed by atoms with Crippen molar-refractivity contribution in [3.63, 3.8) is 0 Å². The molecule has 3 nitrogen and oxygen atoms in total. The first-order chi connectivity index (χ1) is 8.52. The molecule has 0 aromatic heterocycles. The summed E-state index contributed by atoms with van der Waals surface area (Å²) in [6, 6.07) is 4.02. The molecule has 18 heavy (non-hydrogen) atoms. The number of hydrogen-bond acceptors (Lipinski definition) is 3. The summed E-state index contributed by atoms with van der Waals surface area (Å²) in [5.41, 5.74) is 2.33. The van der Waals surface area contributed by atoms with E-state index in [0.717, 1.165) is 35.3 Å². The Balaban J connectivity index is 2.26. The van der Waals surface area contributed by atoms with Crippen molar-refractivity contribution in [2.45, 2.75) is 33.6 Å². The number of fused-ring (bicyclic) bond motifs is 1. The maximum atomic E-state index is 10.5. The molecule has 98 valence electrons. The molecule has 0 atom stereocenters. The van der Waals surface area contributed by atoms with Gasteiger partial charge in [0, 0.05) is 11.8 Å². The van der Waals surface area contributed by atoms with Crippen LogP contribution in [0.15, 0.2) is 12.1 Å². The van der Waals surface area contributed by atoms with Gasteiger partial charge >= 0.3 is 0 Å². The predicted molar refractivity (Wildman–Crippen MR) is 70.3 cm³/mol. The van der Waals surface area contributed by atoms with Crippen LogP contribution in [0.3, 0.4) is 0 Å². The molecule has 0 N–H and O–H groups in total. The summed E-state index contributed by atoms with van der Waals surface area (Å²) in [4.78, 5) is 10.5. The van der Waals surface area contributed by atoms with Gasteiger partial charge < -0.3 is 14.3 Å². The molecule has 0 radical (unpaired) electrons. The van der Waals surface area contributed by atoms with Crippen LogP contribution in [0.4, 0.5) is 0 Å². The first-order valence-electron chi connectivity index (χ1n) is 6.34. The molecule has 1 heterocycles. The van der Waals surface area contributed by atoms with Crippen LogP contribution in [0, 0.1) is 12.3 Å². The van der Waals surface area contributed by atoms with Gasteiger partial charge in [-0.25, -0.2) is 0 Å². The number of ether oxygens (including phenoxy) is 2. The summed E-state index contributed by atoms with van der Waals surface area (Å²) in [5, 5.41) is 0. The number of carbonyl (C=O) groups is 1. The third kappa shape index (κ3) is 2.84. The molecule has 2 rings (SSSR count). The van der Waals surface area contributed by atoms with E-state index in [1.54, 1.807) is 0 Å². The number of carbonyl (C=O) groups excluding carboxylic acids is 1. The van der Waals surface area contributed by atoms with E-state index in [1.165, 1.54) is 0 Å². The zero-order valence-corrected chi connectivity index (χ0v) is 11.3. The van der Waals surface area contributed by atoms with Crippen molar-refractivity contribution in [2.75, 3.05) is 13.2 Å². The van der Waals surface area contributed by atoms with Gasteiger partial charge in [-0.3, -0.25) is 0 Å². The highest BCUT2D eigenvalue weighted by atomic mass is 16.5. The van der Waals surface area contributed by atoms with Crippen molar-refractivity contribution in [1.82, 2.24) is 0 Å². The molecular formula is C15H20O3. The van der Waals surface area contributed by atoms with Gasteiger partial charge in [0.25, 0.3) is 0 Å². The highest BCUT2D eigenvalue weighted by molar-refractivity contribution is 5.52. The predicted octanol–water partition coefficient (Wildman–Crippen LogP) is 2.92. The molecule has 0 bridgehead atoms. The van der Waals surface area contributed by atoms with Crippen LogP contribution in [-0.4, -0.2) is 19.5 Å². The summed E-state index contributed by atoms with van der Waals surface area (Å²) in [6.07, 6.45) is 2.26. The third-order valence-corrected chi connectivity index (χ3v) is 3.17. The van der Waals surface area contributed by atoms with Crippen molar-refractivity contribution < 1.29 is 14.3 Å².